The van der Waals surface area contributed by atoms with Gasteiger partial charge in [0.2, 0.25) is 5.91 Å². The van der Waals surface area contributed by atoms with Crippen molar-refractivity contribution in [2.24, 2.45) is 0 Å². The van der Waals surface area contributed by atoms with E-state index in [1.165, 1.54) is 5.56 Å². The third kappa shape index (κ3) is 3.42. The minimum atomic E-state index is 0.190. The number of hydrogen-bond acceptors (Lipinski definition) is 4. The van der Waals surface area contributed by atoms with E-state index in [-0.39, 0.29) is 5.91 Å². The van der Waals surface area contributed by atoms with E-state index in [0.717, 1.165) is 48.7 Å². The number of anilines is 1. The maximum atomic E-state index is 12.7. The van der Waals surface area contributed by atoms with Gasteiger partial charge in [0.25, 0.3) is 0 Å². The topological polar surface area (TPSA) is 73.9 Å². The van der Waals surface area contributed by atoms with Crippen molar-refractivity contribution < 1.29 is 4.79 Å². The molecule has 3 rings (SSSR count). The normalized spacial score (nSPS) is 17.8. The van der Waals surface area contributed by atoms with Crippen molar-refractivity contribution in [3.63, 3.8) is 0 Å². The highest BCUT2D eigenvalue weighted by Gasteiger charge is 2.26. The number of rotatable bonds is 4. The Morgan fingerprint density at radius 2 is 2.29 bits per heavy atom. The Hall–Kier alpha value is -2.37. The molecule has 2 N–H and O–H groups in total. The molecule has 0 unspecified atom stereocenters. The third-order valence-corrected chi connectivity index (χ3v) is 4.89. The van der Waals surface area contributed by atoms with Crippen LogP contribution in [0.2, 0.25) is 0 Å². The van der Waals surface area contributed by atoms with Gasteiger partial charge in [-0.15, -0.1) is 0 Å². The molecule has 0 saturated carbocycles. The van der Waals surface area contributed by atoms with Crippen LogP contribution in [-0.2, 0) is 11.2 Å². The number of pyridine rings is 1. The number of nitrogens with one attached hydrogen (secondary N) is 2. The van der Waals surface area contributed by atoms with Crippen molar-refractivity contribution in [3.05, 3.63) is 40.8 Å². The molecule has 1 amide bonds. The number of hydrogen-bond donors (Lipinski definition) is 2. The molecule has 0 aromatic carbocycles. The van der Waals surface area contributed by atoms with Crippen molar-refractivity contribution in [3.8, 4) is 0 Å². The van der Waals surface area contributed by atoms with E-state index in [4.69, 9.17) is 0 Å². The van der Waals surface area contributed by atoms with E-state index in [1.807, 2.05) is 32.0 Å². The first kappa shape index (κ1) is 16.5. The molecule has 1 aliphatic heterocycles. The van der Waals surface area contributed by atoms with Gasteiger partial charge in [0, 0.05) is 43.5 Å². The summed E-state index contributed by atoms with van der Waals surface area (Å²) in [5.41, 5.74) is 4.19. The second kappa shape index (κ2) is 7.03. The lowest BCUT2D eigenvalue weighted by atomic mass is 9.91. The minimum Gasteiger partial charge on any atom is -0.373 e. The number of piperidine rings is 1. The van der Waals surface area contributed by atoms with Crippen molar-refractivity contribution in [1.82, 2.24) is 20.1 Å². The first-order valence-electron chi connectivity index (χ1n) is 8.50. The van der Waals surface area contributed by atoms with Gasteiger partial charge in [0.05, 0.1) is 12.1 Å². The quantitative estimate of drug-likeness (QED) is 0.904. The third-order valence-electron chi connectivity index (χ3n) is 4.89. The highest BCUT2D eigenvalue weighted by molar-refractivity contribution is 5.79. The Bertz CT molecular complexity index is 704. The average Bonchev–Trinajstić information content (AvgIpc) is 2.94. The molecular formula is C18H25N5O. The molecule has 128 valence electrons. The van der Waals surface area contributed by atoms with E-state index < -0.39 is 0 Å². The summed E-state index contributed by atoms with van der Waals surface area (Å²) in [7, 11) is 1.87. The molecule has 1 fully saturated rings. The lowest BCUT2D eigenvalue weighted by molar-refractivity contribution is -0.131. The van der Waals surface area contributed by atoms with E-state index in [1.54, 1.807) is 0 Å². The van der Waals surface area contributed by atoms with E-state index in [9.17, 15) is 4.79 Å². The smallest absolute Gasteiger partial charge is 0.227 e. The first-order valence-corrected chi connectivity index (χ1v) is 8.50. The Balaban J connectivity index is 1.69. The van der Waals surface area contributed by atoms with Crippen LogP contribution in [0.25, 0.3) is 0 Å². The number of H-pyrrole nitrogens is 1. The van der Waals surface area contributed by atoms with Gasteiger partial charge < -0.3 is 10.2 Å². The summed E-state index contributed by atoms with van der Waals surface area (Å²) in [6.45, 7) is 5.54. The van der Waals surface area contributed by atoms with Gasteiger partial charge in [-0.1, -0.05) is 0 Å². The van der Waals surface area contributed by atoms with Crippen LogP contribution in [0.15, 0.2) is 18.3 Å². The lowest BCUT2D eigenvalue weighted by Gasteiger charge is -2.33. The fraction of sp³-hybridized carbons (Fsp3) is 0.500. The van der Waals surface area contributed by atoms with Gasteiger partial charge in [-0.25, -0.2) is 4.98 Å². The predicted molar refractivity (Wildman–Crippen MR) is 94.1 cm³/mol. The summed E-state index contributed by atoms with van der Waals surface area (Å²) >= 11 is 0. The number of aromatic amines is 1. The molecule has 0 spiro atoms. The molecule has 6 heteroatoms. The molecule has 0 bridgehead atoms. The Morgan fingerprint density at radius 3 is 3.00 bits per heavy atom. The number of nitrogens with zero attached hydrogens (tertiary/aromatic N) is 3. The first-order chi connectivity index (χ1) is 11.6. The zero-order valence-corrected chi connectivity index (χ0v) is 14.6. The number of likely N-dealkylation sites (tertiary alicyclic amines) is 1. The standard InChI is InChI=1S/C18H25N5O/c1-12-16(13(2)22-21-12)10-18(24)23-8-4-5-15(11-23)14-6-7-20-17(9-14)19-3/h6-7,9,15H,4-5,8,10-11H2,1-3H3,(H,19,20)(H,21,22)/t15-/m1/s1. The van der Waals surface area contributed by atoms with E-state index in [2.05, 4.69) is 32.6 Å². The van der Waals surface area contributed by atoms with Crippen LogP contribution in [0.4, 0.5) is 5.82 Å². The van der Waals surface area contributed by atoms with Crippen LogP contribution in [0.3, 0.4) is 0 Å². The van der Waals surface area contributed by atoms with Crippen molar-refractivity contribution in [2.75, 3.05) is 25.5 Å². The van der Waals surface area contributed by atoms with Crippen LogP contribution in [0, 0.1) is 13.8 Å². The monoisotopic (exact) mass is 327 g/mol. The summed E-state index contributed by atoms with van der Waals surface area (Å²) in [6.07, 6.45) is 4.41. The SMILES string of the molecule is CNc1cc([C@@H]2CCCN(C(=O)Cc3c(C)n[nH]c3C)C2)ccn1. The number of carbonyl (C=O) groups is 1. The van der Waals surface area contributed by atoms with Crippen LogP contribution in [-0.4, -0.2) is 46.1 Å². The largest absolute Gasteiger partial charge is 0.373 e. The van der Waals surface area contributed by atoms with Gasteiger partial charge >= 0.3 is 0 Å². The molecule has 2 aromatic heterocycles. The molecule has 1 saturated heterocycles. The molecule has 0 aliphatic carbocycles. The van der Waals surface area contributed by atoms with Crippen molar-refractivity contribution in [1.29, 1.82) is 0 Å². The highest BCUT2D eigenvalue weighted by atomic mass is 16.2. The minimum absolute atomic E-state index is 0.190. The average molecular weight is 327 g/mol. The summed E-state index contributed by atoms with van der Waals surface area (Å²) < 4.78 is 0. The number of amides is 1. The van der Waals surface area contributed by atoms with Crippen LogP contribution >= 0.6 is 0 Å². The maximum Gasteiger partial charge on any atom is 0.227 e. The summed E-state index contributed by atoms with van der Waals surface area (Å²) in [5.74, 6) is 1.44. The zero-order valence-electron chi connectivity index (χ0n) is 14.6. The lowest BCUT2D eigenvalue weighted by Crippen LogP contribution is -2.40. The Labute approximate surface area is 142 Å². The van der Waals surface area contributed by atoms with Gasteiger partial charge in [-0.3, -0.25) is 9.89 Å². The Kier molecular flexibility index (Phi) is 4.83. The molecule has 0 radical (unpaired) electrons. The summed E-state index contributed by atoms with van der Waals surface area (Å²) in [4.78, 5) is 19.0. The predicted octanol–water partition coefficient (Wildman–Crippen LogP) is 2.41. The number of aromatic nitrogens is 3. The van der Waals surface area contributed by atoms with Crippen LogP contribution in [0.5, 0.6) is 0 Å². The zero-order chi connectivity index (χ0) is 17.1. The molecule has 6 nitrogen and oxygen atoms in total. The maximum absolute atomic E-state index is 12.7. The number of carbonyl (C=O) groups excluding carboxylic acids is 1. The van der Waals surface area contributed by atoms with Gasteiger partial charge in [-0.2, -0.15) is 5.10 Å². The molecule has 2 aromatic rings. The van der Waals surface area contributed by atoms with Crippen LogP contribution < -0.4 is 5.32 Å². The van der Waals surface area contributed by atoms with Crippen molar-refractivity contribution in [2.45, 2.75) is 39.0 Å². The van der Waals surface area contributed by atoms with E-state index >= 15 is 0 Å². The second-order valence-electron chi connectivity index (χ2n) is 6.49. The van der Waals surface area contributed by atoms with Crippen LogP contribution in [0.1, 0.15) is 41.3 Å². The molecule has 3 heterocycles. The van der Waals surface area contributed by atoms with Gasteiger partial charge in [0.1, 0.15) is 5.82 Å². The molecular weight excluding hydrogens is 302 g/mol. The van der Waals surface area contributed by atoms with Gasteiger partial charge in [0.15, 0.2) is 0 Å². The summed E-state index contributed by atoms with van der Waals surface area (Å²) in [5, 5.41) is 10.2. The Morgan fingerprint density at radius 1 is 1.46 bits per heavy atom. The summed E-state index contributed by atoms with van der Waals surface area (Å²) in [6, 6.07) is 4.15. The highest BCUT2D eigenvalue weighted by Crippen LogP contribution is 2.28. The second-order valence-corrected chi connectivity index (χ2v) is 6.49. The van der Waals surface area contributed by atoms with Gasteiger partial charge in [-0.05, 0) is 44.4 Å². The molecule has 1 aliphatic rings. The fourth-order valence-corrected chi connectivity index (χ4v) is 3.41. The molecule has 24 heavy (non-hydrogen) atoms. The van der Waals surface area contributed by atoms with Crippen molar-refractivity contribution >= 4 is 11.7 Å². The molecule has 1 atom stereocenters. The van der Waals surface area contributed by atoms with E-state index in [0.29, 0.717) is 12.3 Å². The number of aryl methyl sites for hydroxylation is 2. The fourth-order valence-electron chi connectivity index (χ4n) is 3.41.